The molecule has 0 spiro atoms. The van der Waals surface area contributed by atoms with Crippen molar-refractivity contribution in [1.82, 2.24) is 14.8 Å². The van der Waals surface area contributed by atoms with Crippen LogP contribution < -0.4 is 0 Å². The molecular weight excluding hydrogens is 350 g/mol. The average molecular weight is 365 g/mol. The average Bonchev–Trinajstić information content (AvgIpc) is 3.27. The molecule has 6 heteroatoms. The van der Waals surface area contributed by atoms with E-state index < -0.39 is 0 Å². The third kappa shape index (κ3) is 2.99. The molecule has 25 heavy (non-hydrogen) atoms. The van der Waals surface area contributed by atoms with E-state index in [9.17, 15) is 4.79 Å². The normalized spacial score (nSPS) is 11.1. The lowest BCUT2D eigenvalue weighted by Gasteiger charge is -2.07. The molecule has 0 aliphatic rings. The highest BCUT2D eigenvalue weighted by molar-refractivity contribution is 8.01. The smallest absolute Gasteiger partial charge is 0.175 e. The molecule has 4 nitrogen and oxygen atoms in total. The Kier molecular flexibility index (Phi) is 4.38. The van der Waals surface area contributed by atoms with Crippen molar-refractivity contribution in [2.24, 2.45) is 7.05 Å². The molecule has 0 aliphatic carbocycles. The summed E-state index contributed by atoms with van der Waals surface area (Å²) in [5.41, 5.74) is 5.53. The lowest BCUT2D eigenvalue weighted by Crippen LogP contribution is -2.05. The summed E-state index contributed by atoms with van der Waals surface area (Å²) in [5, 5.41) is 8.82. The van der Waals surface area contributed by atoms with Gasteiger partial charge in [0.15, 0.2) is 10.1 Å². The number of rotatable bonds is 5. The van der Waals surface area contributed by atoms with Gasteiger partial charge in [-0.1, -0.05) is 71.6 Å². The van der Waals surface area contributed by atoms with Gasteiger partial charge in [0.25, 0.3) is 0 Å². The number of hydrogen-bond acceptors (Lipinski definition) is 5. The summed E-state index contributed by atoms with van der Waals surface area (Å²) >= 11 is 2.89. The van der Waals surface area contributed by atoms with Crippen LogP contribution in [0.3, 0.4) is 0 Å². The van der Waals surface area contributed by atoms with Crippen molar-refractivity contribution in [3.05, 3.63) is 65.7 Å². The summed E-state index contributed by atoms with van der Waals surface area (Å²) in [5.74, 6) is 0.458. The van der Waals surface area contributed by atoms with Crippen molar-refractivity contribution in [3.8, 4) is 11.3 Å². The number of nitrogens with zero attached hydrogens (tertiary/aromatic N) is 3. The number of fused-ring (bicyclic) bond motifs is 1. The number of carbonyl (C=O) groups is 1. The number of aromatic nitrogens is 3. The molecule has 0 saturated carbocycles. The molecule has 2 aromatic carbocycles. The highest BCUT2D eigenvalue weighted by Gasteiger charge is 2.22. The number of para-hydroxylation sites is 1. The first-order chi connectivity index (χ1) is 12.3. The summed E-state index contributed by atoms with van der Waals surface area (Å²) in [6.45, 7) is 0. The number of carbonyl (C=O) groups excluding carboxylic acids is 1. The zero-order valence-corrected chi connectivity index (χ0v) is 15.2. The van der Waals surface area contributed by atoms with Crippen LogP contribution in [-0.2, 0) is 7.05 Å². The minimum Gasteiger partial charge on any atom is -0.343 e. The van der Waals surface area contributed by atoms with Crippen LogP contribution in [0.4, 0.5) is 0 Å². The molecule has 2 aromatic heterocycles. The van der Waals surface area contributed by atoms with E-state index in [-0.39, 0.29) is 5.78 Å². The highest BCUT2D eigenvalue weighted by atomic mass is 32.2. The molecule has 0 bridgehead atoms. The first kappa shape index (κ1) is 16.1. The van der Waals surface area contributed by atoms with E-state index in [0.29, 0.717) is 5.75 Å². The predicted molar refractivity (Wildman–Crippen MR) is 103 cm³/mol. The van der Waals surface area contributed by atoms with E-state index >= 15 is 0 Å². The summed E-state index contributed by atoms with van der Waals surface area (Å²) in [7, 11) is 2.01. The third-order valence-electron chi connectivity index (χ3n) is 4.10. The minimum absolute atomic E-state index is 0.107. The van der Waals surface area contributed by atoms with Crippen molar-refractivity contribution >= 4 is 39.8 Å². The van der Waals surface area contributed by atoms with Crippen LogP contribution in [0.5, 0.6) is 0 Å². The maximum absolute atomic E-state index is 13.1. The van der Waals surface area contributed by atoms with Crippen molar-refractivity contribution < 1.29 is 4.79 Å². The minimum atomic E-state index is 0.107. The van der Waals surface area contributed by atoms with Gasteiger partial charge in [0.1, 0.15) is 5.51 Å². The van der Waals surface area contributed by atoms with E-state index in [1.807, 2.05) is 55.6 Å². The van der Waals surface area contributed by atoms with Crippen LogP contribution >= 0.6 is 23.1 Å². The van der Waals surface area contributed by atoms with Crippen molar-refractivity contribution in [3.63, 3.8) is 0 Å². The number of aryl methyl sites for hydroxylation is 1. The second kappa shape index (κ2) is 6.82. The number of Topliss-reactive ketones (excluding diaryl/α,β-unsaturated/α-hetero) is 1. The second-order valence-corrected chi connectivity index (χ2v) is 7.64. The monoisotopic (exact) mass is 365 g/mol. The molecule has 0 atom stereocenters. The van der Waals surface area contributed by atoms with Gasteiger partial charge in [-0.15, -0.1) is 10.2 Å². The highest BCUT2D eigenvalue weighted by Crippen LogP contribution is 2.34. The number of ketones is 1. The summed E-state index contributed by atoms with van der Waals surface area (Å²) < 4.78 is 2.92. The molecule has 0 amide bonds. The van der Waals surface area contributed by atoms with Gasteiger partial charge in [-0.05, 0) is 11.6 Å². The standard InChI is InChI=1S/C19H15N3OS2/c1-22-15-10-6-5-9-14(15)17(18(22)13-7-3-2-4-8-13)16(23)11-24-19-21-20-12-25-19/h2-10,12H,11H2,1H3. The lowest BCUT2D eigenvalue weighted by atomic mass is 10.0. The summed E-state index contributed by atoms with van der Waals surface area (Å²) in [4.78, 5) is 13.1. The first-order valence-electron chi connectivity index (χ1n) is 7.80. The van der Waals surface area contributed by atoms with Crippen LogP contribution in [0.15, 0.2) is 64.4 Å². The molecule has 2 heterocycles. The van der Waals surface area contributed by atoms with E-state index in [1.165, 1.54) is 23.1 Å². The van der Waals surface area contributed by atoms with Gasteiger partial charge >= 0.3 is 0 Å². The topological polar surface area (TPSA) is 47.8 Å². The van der Waals surface area contributed by atoms with Gasteiger partial charge in [0, 0.05) is 18.0 Å². The Balaban J connectivity index is 1.82. The Morgan fingerprint density at radius 2 is 1.88 bits per heavy atom. The number of thioether (sulfide) groups is 1. The summed E-state index contributed by atoms with van der Waals surface area (Å²) in [6.07, 6.45) is 0. The Hall–Kier alpha value is -2.44. The van der Waals surface area contributed by atoms with Gasteiger partial charge in [0.05, 0.1) is 17.0 Å². The third-order valence-corrected chi connectivity index (χ3v) is 5.96. The second-order valence-electron chi connectivity index (χ2n) is 5.58. The lowest BCUT2D eigenvalue weighted by molar-refractivity contribution is 0.102. The van der Waals surface area contributed by atoms with Gasteiger partial charge < -0.3 is 4.57 Å². The van der Waals surface area contributed by atoms with Crippen LogP contribution in [0.1, 0.15) is 10.4 Å². The molecule has 0 radical (unpaired) electrons. The molecule has 0 N–H and O–H groups in total. The SMILES string of the molecule is Cn1c(-c2ccccc2)c(C(=O)CSc2nncs2)c2ccccc21. The quantitative estimate of drug-likeness (QED) is 0.381. The fraction of sp³-hybridized carbons (Fsp3) is 0.105. The van der Waals surface area contributed by atoms with E-state index in [0.717, 1.165) is 32.1 Å². The maximum Gasteiger partial charge on any atom is 0.175 e. The van der Waals surface area contributed by atoms with Crippen LogP contribution in [-0.4, -0.2) is 26.3 Å². The Morgan fingerprint density at radius 3 is 2.64 bits per heavy atom. The molecular formula is C19H15N3OS2. The molecule has 0 aliphatic heterocycles. The van der Waals surface area contributed by atoms with Crippen molar-refractivity contribution in [2.75, 3.05) is 5.75 Å². The zero-order chi connectivity index (χ0) is 17.2. The molecule has 124 valence electrons. The largest absolute Gasteiger partial charge is 0.343 e. The van der Waals surface area contributed by atoms with Crippen molar-refractivity contribution in [1.29, 1.82) is 0 Å². The number of benzene rings is 2. The summed E-state index contributed by atoms with van der Waals surface area (Å²) in [6, 6.07) is 18.1. The molecule has 4 aromatic rings. The van der Waals surface area contributed by atoms with Crippen LogP contribution in [0.25, 0.3) is 22.2 Å². The fourth-order valence-corrected chi connectivity index (χ4v) is 4.40. The Bertz CT molecular complexity index is 1020. The Morgan fingerprint density at radius 1 is 1.12 bits per heavy atom. The zero-order valence-electron chi connectivity index (χ0n) is 13.5. The van der Waals surface area contributed by atoms with Gasteiger partial charge in [0.2, 0.25) is 0 Å². The number of hydrogen-bond donors (Lipinski definition) is 0. The van der Waals surface area contributed by atoms with E-state index in [1.54, 1.807) is 5.51 Å². The first-order valence-corrected chi connectivity index (χ1v) is 9.67. The molecule has 4 rings (SSSR count). The fourth-order valence-electron chi connectivity index (χ4n) is 3.03. The van der Waals surface area contributed by atoms with Gasteiger partial charge in [-0.2, -0.15) is 0 Å². The molecule has 0 fully saturated rings. The van der Waals surface area contributed by atoms with Crippen molar-refractivity contribution in [2.45, 2.75) is 4.34 Å². The van der Waals surface area contributed by atoms with Crippen LogP contribution in [0, 0.1) is 0 Å². The van der Waals surface area contributed by atoms with E-state index in [4.69, 9.17) is 0 Å². The van der Waals surface area contributed by atoms with Crippen LogP contribution in [0.2, 0.25) is 0 Å². The predicted octanol–water partition coefficient (Wildman–Crippen LogP) is 4.67. The molecule has 0 saturated heterocycles. The van der Waals surface area contributed by atoms with Gasteiger partial charge in [-0.25, -0.2) is 0 Å². The maximum atomic E-state index is 13.1. The van der Waals surface area contributed by atoms with E-state index in [2.05, 4.69) is 20.8 Å². The van der Waals surface area contributed by atoms with Gasteiger partial charge in [-0.3, -0.25) is 4.79 Å². The molecule has 0 unspecified atom stereocenters. The Labute approximate surface area is 153 Å².